The lowest BCUT2D eigenvalue weighted by atomic mass is 10.2. The molecule has 0 aliphatic rings. The van der Waals surface area contributed by atoms with Gasteiger partial charge in [0.05, 0.1) is 10.4 Å². The summed E-state index contributed by atoms with van der Waals surface area (Å²) in [6, 6.07) is 14.3. The first kappa shape index (κ1) is 15.0. The number of nitrogens with zero attached hydrogens (tertiary/aromatic N) is 5. The van der Waals surface area contributed by atoms with Crippen LogP contribution in [-0.2, 0) is 5.75 Å². The van der Waals surface area contributed by atoms with Crippen LogP contribution in [0.5, 0.6) is 0 Å². The lowest BCUT2D eigenvalue weighted by Crippen LogP contribution is -1.95. The van der Waals surface area contributed by atoms with Crippen LogP contribution < -0.4 is 0 Å². The number of H-pyrrole nitrogens is 1. The van der Waals surface area contributed by atoms with E-state index in [4.69, 9.17) is 4.98 Å². The first-order valence-corrected chi connectivity index (χ1v) is 9.08. The van der Waals surface area contributed by atoms with Gasteiger partial charge in [-0.05, 0) is 27.4 Å². The average molecular weight is 352 g/mol. The molecule has 0 bridgehead atoms. The summed E-state index contributed by atoms with van der Waals surface area (Å²) in [7, 11) is 0. The standard InChI is InChI=1S/C16H12N6S2/c1-2-5-11(6-3-1)10-24-16-12(14-19-21-22-20-14)9-17-15(18-16)13-7-4-8-23-13/h1-9H,10H2,(H,19,20,21,22). The molecular weight excluding hydrogens is 340 g/mol. The largest absolute Gasteiger partial charge is 0.239 e. The fourth-order valence-electron chi connectivity index (χ4n) is 2.16. The van der Waals surface area contributed by atoms with Gasteiger partial charge in [0.25, 0.3) is 0 Å². The maximum Gasteiger partial charge on any atom is 0.183 e. The van der Waals surface area contributed by atoms with Crippen LogP contribution in [0.15, 0.2) is 59.1 Å². The molecule has 0 saturated carbocycles. The van der Waals surface area contributed by atoms with Gasteiger partial charge >= 0.3 is 0 Å². The van der Waals surface area contributed by atoms with Crippen molar-refractivity contribution in [3.8, 4) is 22.1 Å². The van der Waals surface area contributed by atoms with Crippen LogP contribution in [-0.4, -0.2) is 30.6 Å². The predicted octanol–water partition coefficient (Wildman–Crippen LogP) is 3.68. The fourth-order valence-corrected chi connectivity index (χ4v) is 3.78. The molecule has 0 amide bonds. The van der Waals surface area contributed by atoms with E-state index in [0.29, 0.717) is 5.82 Å². The number of benzene rings is 1. The van der Waals surface area contributed by atoms with Crippen molar-refractivity contribution in [1.29, 1.82) is 0 Å². The Morgan fingerprint density at radius 2 is 2.00 bits per heavy atom. The van der Waals surface area contributed by atoms with Crippen molar-refractivity contribution in [2.75, 3.05) is 0 Å². The quantitative estimate of drug-likeness (QED) is 0.436. The number of thiophene rings is 1. The van der Waals surface area contributed by atoms with E-state index >= 15 is 0 Å². The van der Waals surface area contributed by atoms with Crippen LogP contribution in [0.4, 0.5) is 0 Å². The second kappa shape index (κ2) is 6.90. The van der Waals surface area contributed by atoms with E-state index in [2.05, 4.69) is 37.7 Å². The molecule has 6 nitrogen and oxygen atoms in total. The number of nitrogens with one attached hydrogen (secondary N) is 1. The highest BCUT2D eigenvalue weighted by Crippen LogP contribution is 2.32. The number of aromatic nitrogens is 6. The van der Waals surface area contributed by atoms with Gasteiger partial charge in [-0.2, -0.15) is 0 Å². The highest BCUT2D eigenvalue weighted by Gasteiger charge is 2.14. The summed E-state index contributed by atoms with van der Waals surface area (Å²) in [5.41, 5.74) is 2.04. The summed E-state index contributed by atoms with van der Waals surface area (Å²) in [6.45, 7) is 0. The van der Waals surface area contributed by atoms with Crippen molar-refractivity contribution in [3.63, 3.8) is 0 Å². The first-order valence-electron chi connectivity index (χ1n) is 7.22. The van der Waals surface area contributed by atoms with E-state index in [1.54, 1.807) is 29.3 Å². The van der Waals surface area contributed by atoms with Gasteiger partial charge in [-0.15, -0.1) is 28.2 Å². The third-order valence-electron chi connectivity index (χ3n) is 3.31. The highest BCUT2D eigenvalue weighted by molar-refractivity contribution is 7.98. The van der Waals surface area contributed by atoms with Crippen molar-refractivity contribution in [3.05, 3.63) is 59.6 Å². The Morgan fingerprint density at radius 1 is 1.08 bits per heavy atom. The monoisotopic (exact) mass is 352 g/mol. The molecule has 1 N–H and O–H groups in total. The van der Waals surface area contributed by atoms with E-state index < -0.39 is 0 Å². The third kappa shape index (κ3) is 3.19. The Kier molecular flexibility index (Phi) is 4.30. The van der Waals surface area contributed by atoms with Crippen LogP contribution in [0, 0.1) is 0 Å². The molecule has 118 valence electrons. The Bertz CT molecular complexity index is 907. The Hall–Kier alpha value is -2.58. The van der Waals surface area contributed by atoms with E-state index in [1.807, 2.05) is 35.7 Å². The maximum absolute atomic E-state index is 4.73. The molecule has 0 aliphatic carbocycles. The normalized spacial score (nSPS) is 10.8. The van der Waals surface area contributed by atoms with Crippen molar-refractivity contribution in [2.24, 2.45) is 0 Å². The van der Waals surface area contributed by atoms with Gasteiger partial charge in [0.2, 0.25) is 0 Å². The molecule has 0 aliphatic heterocycles. The van der Waals surface area contributed by atoms with E-state index in [9.17, 15) is 0 Å². The molecule has 4 aromatic rings. The molecule has 0 fully saturated rings. The summed E-state index contributed by atoms with van der Waals surface area (Å²) in [6.07, 6.45) is 1.78. The first-order chi connectivity index (χ1) is 11.9. The highest BCUT2D eigenvalue weighted by atomic mass is 32.2. The molecule has 0 atom stereocenters. The summed E-state index contributed by atoms with van der Waals surface area (Å²) in [5, 5.41) is 16.9. The summed E-state index contributed by atoms with van der Waals surface area (Å²) >= 11 is 3.27. The van der Waals surface area contributed by atoms with E-state index in [0.717, 1.165) is 27.0 Å². The van der Waals surface area contributed by atoms with Crippen molar-refractivity contribution in [1.82, 2.24) is 30.6 Å². The zero-order chi connectivity index (χ0) is 16.2. The van der Waals surface area contributed by atoms with Gasteiger partial charge in [-0.25, -0.2) is 15.1 Å². The summed E-state index contributed by atoms with van der Waals surface area (Å²) in [4.78, 5) is 10.2. The van der Waals surface area contributed by atoms with Gasteiger partial charge < -0.3 is 0 Å². The Morgan fingerprint density at radius 3 is 2.75 bits per heavy atom. The molecule has 0 unspecified atom stereocenters. The Balaban J connectivity index is 1.69. The summed E-state index contributed by atoms with van der Waals surface area (Å²) < 4.78 is 0. The maximum atomic E-state index is 4.73. The number of thioether (sulfide) groups is 1. The lowest BCUT2D eigenvalue weighted by molar-refractivity contribution is 0.881. The molecule has 0 spiro atoms. The minimum atomic E-state index is 0.572. The minimum Gasteiger partial charge on any atom is -0.239 e. The SMILES string of the molecule is c1ccc(CSc2nc(-c3cccs3)ncc2-c2nnn[nH]2)cc1. The topological polar surface area (TPSA) is 80.2 Å². The lowest BCUT2D eigenvalue weighted by Gasteiger charge is -2.07. The number of rotatable bonds is 5. The molecule has 1 aromatic carbocycles. The molecule has 0 radical (unpaired) electrons. The van der Waals surface area contributed by atoms with Crippen molar-refractivity contribution >= 4 is 23.1 Å². The third-order valence-corrected chi connectivity index (χ3v) is 5.24. The number of aromatic amines is 1. The van der Waals surface area contributed by atoms with Crippen LogP contribution in [0.1, 0.15) is 5.56 Å². The van der Waals surface area contributed by atoms with Crippen LogP contribution >= 0.6 is 23.1 Å². The second-order valence-electron chi connectivity index (χ2n) is 4.91. The smallest absolute Gasteiger partial charge is 0.183 e. The van der Waals surface area contributed by atoms with E-state index in [1.165, 1.54) is 5.56 Å². The number of hydrogen-bond donors (Lipinski definition) is 1. The average Bonchev–Trinajstić information content (AvgIpc) is 3.34. The van der Waals surface area contributed by atoms with Crippen LogP contribution in [0.25, 0.3) is 22.1 Å². The van der Waals surface area contributed by atoms with Gasteiger partial charge in [-0.1, -0.05) is 36.4 Å². The number of hydrogen-bond acceptors (Lipinski definition) is 7. The zero-order valence-electron chi connectivity index (χ0n) is 12.5. The van der Waals surface area contributed by atoms with Crippen molar-refractivity contribution in [2.45, 2.75) is 10.8 Å². The van der Waals surface area contributed by atoms with Gasteiger partial charge in [0, 0.05) is 11.9 Å². The van der Waals surface area contributed by atoms with Crippen molar-refractivity contribution < 1.29 is 0 Å². The molecule has 8 heteroatoms. The second-order valence-corrected chi connectivity index (χ2v) is 6.83. The Labute approximate surface area is 146 Å². The zero-order valence-corrected chi connectivity index (χ0v) is 14.1. The predicted molar refractivity (Wildman–Crippen MR) is 94.5 cm³/mol. The molecule has 0 saturated heterocycles. The van der Waals surface area contributed by atoms with Crippen LogP contribution in [0.3, 0.4) is 0 Å². The molecule has 4 rings (SSSR count). The molecule has 3 aromatic heterocycles. The fraction of sp³-hybridized carbons (Fsp3) is 0.0625. The van der Waals surface area contributed by atoms with Gasteiger partial charge in [0.1, 0.15) is 5.03 Å². The molecule has 3 heterocycles. The minimum absolute atomic E-state index is 0.572. The summed E-state index contributed by atoms with van der Waals surface area (Å²) in [5.74, 6) is 2.11. The van der Waals surface area contributed by atoms with Gasteiger partial charge in [-0.3, -0.25) is 0 Å². The molecule has 24 heavy (non-hydrogen) atoms. The van der Waals surface area contributed by atoms with Crippen LogP contribution in [0.2, 0.25) is 0 Å². The van der Waals surface area contributed by atoms with Gasteiger partial charge in [0.15, 0.2) is 11.6 Å². The molecular formula is C16H12N6S2. The van der Waals surface area contributed by atoms with E-state index in [-0.39, 0.29) is 0 Å². The number of tetrazole rings is 1.